The van der Waals surface area contributed by atoms with Crippen LogP contribution in [0.2, 0.25) is 0 Å². The molecule has 1 saturated heterocycles. The Morgan fingerprint density at radius 1 is 1.03 bits per heavy atom. The van der Waals surface area contributed by atoms with Crippen molar-refractivity contribution in [2.45, 2.75) is 31.1 Å². The van der Waals surface area contributed by atoms with Gasteiger partial charge in [0.05, 0.1) is 15.1 Å². The van der Waals surface area contributed by atoms with Crippen LogP contribution in [0.4, 0.5) is 0 Å². The summed E-state index contributed by atoms with van der Waals surface area (Å²) in [5.74, 6) is -0.384. The topological polar surface area (TPSA) is 71.7 Å². The SMILES string of the molecule is Cc1ccc2c(c1)sc(=NC(=O)c1ccc(S(=O)(=O)N3CCCCC3)cc1)n2C. The third-order valence-electron chi connectivity index (χ3n) is 5.22. The lowest BCUT2D eigenvalue weighted by atomic mass is 10.2. The highest BCUT2D eigenvalue weighted by Gasteiger charge is 2.25. The molecule has 152 valence electrons. The zero-order chi connectivity index (χ0) is 20.6. The Morgan fingerprint density at radius 3 is 2.41 bits per heavy atom. The Labute approximate surface area is 174 Å². The molecular weight excluding hydrogens is 406 g/mol. The molecule has 3 aromatic rings. The van der Waals surface area contributed by atoms with E-state index in [4.69, 9.17) is 0 Å². The molecule has 8 heteroatoms. The van der Waals surface area contributed by atoms with Gasteiger partial charge in [0, 0.05) is 25.7 Å². The lowest BCUT2D eigenvalue weighted by Gasteiger charge is -2.25. The molecule has 0 unspecified atom stereocenters. The monoisotopic (exact) mass is 429 g/mol. The summed E-state index contributed by atoms with van der Waals surface area (Å²) in [4.78, 5) is 17.7. The van der Waals surface area contributed by atoms with Crippen molar-refractivity contribution in [3.63, 3.8) is 0 Å². The number of fused-ring (bicyclic) bond motifs is 1. The van der Waals surface area contributed by atoms with E-state index in [1.807, 2.05) is 30.7 Å². The second-order valence-electron chi connectivity index (χ2n) is 7.32. The van der Waals surface area contributed by atoms with Crippen molar-refractivity contribution in [1.82, 2.24) is 8.87 Å². The Hall–Kier alpha value is -2.29. The Kier molecular flexibility index (Phi) is 5.42. The second kappa shape index (κ2) is 7.85. The van der Waals surface area contributed by atoms with Gasteiger partial charge in [-0.05, 0) is 61.7 Å². The molecular formula is C21H23N3O3S2. The molecule has 0 aliphatic carbocycles. The number of aryl methyl sites for hydroxylation is 2. The quantitative estimate of drug-likeness (QED) is 0.640. The number of thiazole rings is 1. The highest BCUT2D eigenvalue weighted by Crippen LogP contribution is 2.21. The van der Waals surface area contributed by atoms with Crippen molar-refractivity contribution in [2.24, 2.45) is 12.0 Å². The van der Waals surface area contributed by atoms with Crippen LogP contribution in [0.5, 0.6) is 0 Å². The van der Waals surface area contributed by atoms with Crippen LogP contribution in [0.1, 0.15) is 35.2 Å². The molecule has 0 bridgehead atoms. The first-order valence-corrected chi connectivity index (χ1v) is 11.9. The fourth-order valence-electron chi connectivity index (χ4n) is 3.52. The molecule has 1 aliphatic rings. The van der Waals surface area contributed by atoms with Crippen molar-refractivity contribution in [2.75, 3.05) is 13.1 Å². The van der Waals surface area contributed by atoms with Crippen molar-refractivity contribution in [3.05, 3.63) is 58.4 Å². The normalized spacial score (nSPS) is 16.4. The minimum Gasteiger partial charge on any atom is -0.319 e. The van der Waals surface area contributed by atoms with E-state index >= 15 is 0 Å². The Balaban J connectivity index is 1.62. The fraction of sp³-hybridized carbons (Fsp3) is 0.333. The van der Waals surface area contributed by atoms with Gasteiger partial charge < -0.3 is 4.57 Å². The largest absolute Gasteiger partial charge is 0.319 e. The molecule has 0 atom stereocenters. The van der Waals surface area contributed by atoms with Crippen LogP contribution in [0, 0.1) is 6.92 Å². The summed E-state index contributed by atoms with van der Waals surface area (Å²) < 4.78 is 30.0. The Bertz CT molecular complexity index is 1230. The standard InChI is InChI=1S/C21H23N3O3S2/c1-15-6-11-18-19(14-15)28-21(23(18)2)22-20(25)16-7-9-17(10-8-16)29(26,27)24-12-4-3-5-13-24/h6-11,14H,3-5,12-13H2,1-2H3. The summed E-state index contributed by atoms with van der Waals surface area (Å²) in [6.07, 6.45) is 2.84. The van der Waals surface area contributed by atoms with Gasteiger partial charge in [-0.25, -0.2) is 8.42 Å². The van der Waals surface area contributed by atoms with E-state index in [9.17, 15) is 13.2 Å². The van der Waals surface area contributed by atoms with Crippen LogP contribution in [0.25, 0.3) is 10.2 Å². The fourth-order valence-corrected chi connectivity index (χ4v) is 6.16. The van der Waals surface area contributed by atoms with Crippen molar-refractivity contribution in [1.29, 1.82) is 0 Å². The van der Waals surface area contributed by atoms with Gasteiger partial charge in [-0.2, -0.15) is 9.30 Å². The predicted octanol–water partition coefficient (Wildman–Crippen LogP) is 3.46. The van der Waals surface area contributed by atoms with Gasteiger partial charge in [0.2, 0.25) is 10.0 Å². The summed E-state index contributed by atoms with van der Waals surface area (Å²) in [7, 11) is -1.62. The number of aromatic nitrogens is 1. The van der Waals surface area contributed by atoms with Gasteiger partial charge in [-0.1, -0.05) is 23.8 Å². The van der Waals surface area contributed by atoms with Crippen LogP contribution in [-0.2, 0) is 17.1 Å². The van der Waals surface area contributed by atoms with Crippen LogP contribution < -0.4 is 4.80 Å². The molecule has 2 heterocycles. The lowest BCUT2D eigenvalue weighted by molar-refractivity contribution is 0.0998. The average Bonchev–Trinajstić information content (AvgIpc) is 3.03. The van der Waals surface area contributed by atoms with E-state index < -0.39 is 10.0 Å². The molecule has 1 fully saturated rings. The second-order valence-corrected chi connectivity index (χ2v) is 10.3. The number of carbonyl (C=O) groups excluding carboxylic acids is 1. The van der Waals surface area contributed by atoms with E-state index in [-0.39, 0.29) is 10.8 Å². The van der Waals surface area contributed by atoms with Gasteiger partial charge in [0.25, 0.3) is 5.91 Å². The van der Waals surface area contributed by atoms with Gasteiger partial charge in [0.15, 0.2) is 4.80 Å². The first kappa shape index (κ1) is 20.0. The van der Waals surface area contributed by atoms with E-state index in [0.29, 0.717) is 23.5 Å². The van der Waals surface area contributed by atoms with Gasteiger partial charge >= 0.3 is 0 Å². The number of carbonyl (C=O) groups is 1. The van der Waals surface area contributed by atoms with Crippen molar-refractivity contribution < 1.29 is 13.2 Å². The van der Waals surface area contributed by atoms with Crippen molar-refractivity contribution >= 4 is 37.5 Å². The minimum atomic E-state index is -3.50. The van der Waals surface area contributed by atoms with Crippen LogP contribution in [-0.4, -0.2) is 36.3 Å². The summed E-state index contributed by atoms with van der Waals surface area (Å²) in [6.45, 7) is 3.14. The molecule has 0 spiro atoms. The molecule has 2 aromatic carbocycles. The first-order chi connectivity index (χ1) is 13.9. The number of amides is 1. The first-order valence-electron chi connectivity index (χ1n) is 9.62. The maximum absolute atomic E-state index is 12.7. The smallest absolute Gasteiger partial charge is 0.279 e. The summed E-state index contributed by atoms with van der Waals surface area (Å²) in [5, 5.41) is 0. The highest BCUT2D eigenvalue weighted by atomic mass is 32.2. The third-order valence-corrected chi connectivity index (χ3v) is 8.22. The number of rotatable bonds is 3. The van der Waals surface area contributed by atoms with E-state index in [2.05, 4.69) is 11.1 Å². The zero-order valence-corrected chi connectivity index (χ0v) is 18.1. The van der Waals surface area contributed by atoms with Crippen molar-refractivity contribution in [3.8, 4) is 0 Å². The number of hydrogen-bond acceptors (Lipinski definition) is 4. The molecule has 0 radical (unpaired) electrons. The minimum absolute atomic E-state index is 0.221. The lowest BCUT2D eigenvalue weighted by Crippen LogP contribution is -2.35. The molecule has 0 N–H and O–H groups in total. The van der Waals surface area contributed by atoms with E-state index in [1.54, 1.807) is 12.1 Å². The molecule has 6 nitrogen and oxygen atoms in total. The predicted molar refractivity (Wildman–Crippen MR) is 114 cm³/mol. The van der Waals surface area contributed by atoms with Gasteiger partial charge in [-0.15, -0.1) is 0 Å². The summed E-state index contributed by atoms with van der Waals surface area (Å²) in [5.41, 5.74) is 2.55. The number of nitrogens with zero attached hydrogens (tertiary/aromatic N) is 3. The molecule has 4 rings (SSSR count). The van der Waals surface area contributed by atoms with Crippen LogP contribution in [0.15, 0.2) is 52.4 Å². The summed E-state index contributed by atoms with van der Waals surface area (Å²) >= 11 is 1.46. The number of hydrogen-bond donors (Lipinski definition) is 0. The maximum Gasteiger partial charge on any atom is 0.279 e. The Morgan fingerprint density at radius 2 is 1.72 bits per heavy atom. The number of sulfonamides is 1. The number of benzene rings is 2. The molecule has 0 saturated carbocycles. The maximum atomic E-state index is 12.7. The van der Waals surface area contributed by atoms with Gasteiger partial charge in [-0.3, -0.25) is 4.79 Å². The third kappa shape index (κ3) is 3.92. The molecule has 1 amide bonds. The molecule has 29 heavy (non-hydrogen) atoms. The molecule has 1 aromatic heterocycles. The zero-order valence-electron chi connectivity index (χ0n) is 16.5. The summed E-state index contributed by atoms with van der Waals surface area (Å²) in [6, 6.07) is 12.2. The van der Waals surface area contributed by atoms with Crippen LogP contribution in [0.3, 0.4) is 0 Å². The van der Waals surface area contributed by atoms with E-state index in [1.165, 1.54) is 27.8 Å². The highest BCUT2D eigenvalue weighted by molar-refractivity contribution is 7.89. The van der Waals surface area contributed by atoms with Gasteiger partial charge in [0.1, 0.15) is 0 Å². The average molecular weight is 430 g/mol. The molecule has 1 aliphatic heterocycles. The van der Waals surface area contributed by atoms with Crippen LogP contribution >= 0.6 is 11.3 Å². The number of piperidine rings is 1. The van der Waals surface area contributed by atoms with E-state index in [0.717, 1.165) is 35.0 Å².